The average Bonchev–Trinajstić information content (AvgIpc) is 3.28. The Morgan fingerprint density at radius 2 is 0.947 bits per heavy atom. The third-order valence-corrected chi connectivity index (χ3v) is 12.8. The fourth-order valence-electron chi connectivity index (χ4n) is 9.03. The second-order valence-corrected chi connectivity index (χ2v) is 16.3. The van der Waals surface area contributed by atoms with Gasteiger partial charge < -0.3 is 0 Å². The molecule has 0 heterocycles. The van der Waals surface area contributed by atoms with Crippen LogP contribution < -0.4 is 0 Å². The molecule has 0 spiro atoms. The molecule has 0 unspecified atom stereocenters. The molecule has 0 fully saturated rings. The minimum absolute atomic E-state index is 0.900. The molecule has 0 saturated carbocycles. The summed E-state index contributed by atoms with van der Waals surface area (Å²) in [6, 6.07) is 67.2. The molecule has 1 aliphatic carbocycles. The highest BCUT2D eigenvalue weighted by Gasteiger charge is 2.17. The number of benzene rings is 10. The van der Waals surface area contributed by atoms with Crippen LogP contribution in [0.1, 0.15) is 22.3 Å². The summed E-state index contributed by atoms with van der Waals surface area (Å²) in [7, 11) is 0. The summed E-state index contributed by atoms with van der Waals surface area (Å²) < 4.78 is 0. The second-order valence-electron chi connectivity index (χ2n) is 15.1. The molecular weight excluding hydrogens is 705 g/mol. The molecule has 0 nitrogen and oxygen atoms in total. The smallest absolute Gasteiger partial charge is 0.0122 e. The Morgan fingerprint density at radius 3 is 1.56 bits per heavy atom. The molecule has 11 rings (SSSR count). The van der Waals surface area contributed by atoms with E-state index >= 15 is 0 Å². The summed E-state index contributed by atoms with van der Waals surface area (Å²) in [6.45, 7) is 0. The van der Waals surface area contributed by atoms with E-state index in [9.17, 15) is 0 Å². The molecule has 0 atom stereocenters. The van der Waals surface area contributed by atoms with Gasteiger partial charge in [0.05, 0.1) is 0 Å². The van der Waals surface area contributed by atoms with E-state index in [1.807, 2.05) is 11.8 Å². The van der Waals surface area contributed by atoms with Crippen molar-refractivity contribution in [3.05, 3.63) is 216 Å². The highest BCUT2D eigenvalue weighted by molar-refractivity contribution is 7.99. The van der Waals surface area contributed by atoms with Gasteiger partial charge in [-0.05, 0) is 136 Å². The van der Waals surface area contributed by atoms with Crippen LogP contribution in [0.3, 0.4) is 0 Å². The Hall–Kier alpha value is -6.67. The number of hydrogen-bond acceptors (Lipinski definition) is 1. The van der Waals surface area contributed by atoms with E-state index in [-0.39, 0.29) is 0 Å². The summed E-state index contributed by atoms with van der Waals surface area (Å²) in [5.74, 6) is 0. The molecule has 0 radical (unpaired) electrons. The van der Waals surface area contributed by atoms with Gasteiger partial charge >= 0.3 is 0 Å². The lowest BCUT2D eigenvalue weighted by molar-refractivity contribution is 1.24. The Bertz CT molecular complexity index is 3150. The van der Waals surface area contributed by atoms with Crippen molar-refractivity contribution in [2.45, 2.75) is 22.6 Å². The van der Waals surface area contributed by atoms with Gasteiger partial charge in [0.1, 0.15) is 0 Å². The maximum absolute atomic E-state index is 2.32. The molecule has 0 bridgehead atoms. The van der Waals surface area contributed by atoms with E-state index in [0.29, 0.717) is 0 Å². The lowest BCUT2D eigenvalue weighted by Gasteiger charge is -2.18. The first-order chi connectivity index (χ1) is 28.2. The first-order valence-electron chi connectivity index (χ1n) is 19.9. The van der Waals surface area contributed by atoms with Crippen molar-refractivity contribution in [1.29, 1.82) is 0 Å². The van der Waals surface area contributed by atoms with Crippen LogP contribution in [0.5, 0.6) is 0 Å². The molecule has 268 valence electrons. The normalized spacial score (nSPS) is 12.5. The van der Waals surface area contributed by atoms with Crippen LogP contribution in [0.25, 0.3) is 88.6 Å². The van der Waals surface area contributed by atoms with E-state index in [1.165, 1.54) is 109 Å². The number of hydrogen-bond donors (Lipinski definition) is 0. The molecule has 10 aromatic rings. The van der Waals surface area contributed by atoms with Crippen LogP contribution in [0, 0.1) is 0 Å². The van der Waals surface area contributed by atoms with Crippen molar-refractivity contribution >= 4 is 67.0 Å². The van der Waals surface area contributed by atoms with E-state index in [4.69, 9.17) is 0 Å². The Morgan fingerprint density at radius 1 is 0.439 bits per heavy atom. The lowest BCUT2D eigenvalue weighted by Crippen LogP contribution is -1.97. The second kappa shape index (κ2) is 14.1. The molecular formula is C56H38S. The van der Waals surface area contributed by atoms with Gasteiger partial charge in [-0.15, -0.1) is 0 Å². The first-order valence-corrected chi connectivity index (χ1v) is 20.7. The molecule has 1 aliphatic rings. The third kappa shape index (κ3) is 6.03. The predicted molar refractivity (Wildman–Crippen MR) is 246 cm³/mol. The Balaban J connectivity index is 0.813. The van der Waals surface area contributed by atoms with Crippen molar-refractivity contribution in [3.8, 4) is 33.4 Å². The number of rotatable bonds is 8. The summed E-state index contributed by atoms with van der Waals surface area (Å²) in [5, 5.41) is 10.6. The van der Waals surface area contributed by atoms with Gasteiger partial charge in [0.15, 0.2) is 0 Å². The van der Waals surface area contributed by atoms with Crippen LogP contribution in [-0.2, 0) is 12.8 Å². The predicted octanol–water partition coefficient (Wildman–Crippen LogP) is 15.7. The van der Waals surface area contributed by atoms with Crippen LogP contribution >= 0.6 is 11.8 Å². The van der Waals surface area contributed by atoms with Gasteiger partial charge in [0.25, 0.3) is 0 Å². The molecule has 57 heavy (non-hydrogen) atoms. The van der Waals surface area contributed by atoms with Crippen molar-refractivity contribution in [2.24, 2.45) is 0 Å². The van der Waals surface area contributed by atoms with Gasteiger partial charge in [-0.3, -0.25) is 0 Å². The van der Waals surface area contributed by atoms with Gasteiger partial charge in [-0.2, -0.15) is 0 Å². The van der Waals surface area contributed by atoms with Gasteiger partial charge in [0, 0.05) is 9.79 Å². The van der Waals surface area contributed by atoms with Gasteiger partial charge in [-0.25, -0.2) is 0 Å². The molecule has 0 amide bonds. The lowest BCUT2D eigenvalue weighted by atomic mass is 9.86. The van der Waals surface area contributed by atoms with E-state index in [0.717, 1.165) is 12.8 Å². The van der Waals surface area contributed by atoms with E-state index < -0.39 is 0 Å². The third-order valence-electron chi connectivity index (χ3n) is 11.8. The summed E-state index contributed by atoms with van der Waals surface area (Å²) in [5.41, 5.74) is 13.0. The largest absolute Gasteiger partial charge is 0.0901 e. The van der Waals surface area contributed by atoms with Crippen LogP contribution in [-0.4, -0.2) is 0 Å². The van der Waals surface area contributed by atoms with Crippen LogP contribution in [0.4, 0.5) is 0 Å². The maximum atomic E-state index is 2.32. The summed E-state index contributed by atoms with van der Waals surface area (Å²) in [4.78, 5) is 2.49. The fraction of sp³-hybridized carbons (Fsp3) is 0.0357. The molecule has 0 aromatic heterocycles. The van der Waals surface area contributed by atoms with Crippen molar-refractivity contribution < 1.29 is 0 Å². The highest BCUT2D eigenvalue weighted by Crippen LogP contribution is 2.43. The van der Waals surface area contributed by atoms with Crippen molar-refractivity contribution in [2.75, 3.05) is 0 Å². The summed E-state index contributed by atoms with van der Waals surface area (Å²) in [6.07, 6.45) is 11.1. The van der Waals surface area contributed by atoms with Gasteiger partial charge in [-0.1, -0.05) is 194 Å². The first kappa shape index (κ1) is 33.6. The zero-order chi connectivity index (χ0) is 37.7. The van der Waals surface area contributed by atoms with Crippen molar-refractivity contribution in [3.63, 3.8) is 0 Å². The SMILES string of the molecule is C(=Cc1ccc2c(-c3ccccc3)ccc3c2c1CC=C3)Cc1ccc(Sc2ccc(-c3ccc4ccc5c(-c6ccccc6)ccc6ccc3c4c65)cc2)cc1. The van der Waals surface area contributed by atoms with Gasteiger partial charge in [0.2, 0.25) is 0 Å². The molecule has 0 N–H and O–H groups in total. The average molecular weight is 743 g/mol. The Labute approximate surface area is 337 Å². The number of allylic oxidation sites excluding steroid dienone is 2. The standard InChI is InChI=1S/C56H38S/c1-3-10-38(11-4-1)47-31-22-42-15-8-16-50-40(21-34-51(47)54(42)50)14-7-9-37-17-27-45(28-18-37)57-46-29-19-41(20-30-46)49-33-24-44-25-35-52-48(39-12-5-2-6-13-39)32-23-43-26-36-53(49)56(44)55(43)52/h1-8,10-15,17-36H,9,16H2. The maximum Gasteiger partial charge on any atom is 0.0122 e. The van der Waals surface area contributed by atoms with Crippen LogP contribution in [0.2, 0.25) is 0 Å². The van der Waals surface area contributed by atoms with E-state index in [1.54, 1.807) is 0 Å². The quantitative estimate of drug-likeness (QED) is 0.140. The minimum atomic E-state index is 0.900. The minimum Gasteiger partial charge on any atom is -0.0901 e. The molecule has 0 aliphatic heterocycles. The van der Waals surface area contributed by atoms with Crippen molar-refractivity contribution in [1.82, 2.24) is 0 Å². The van der Waals surface area contributed by atoms with Crippen LogP contribution in [0.15, 0.2) is 204 Å². The zero-order valence-corrected chi connectivity index (χ0v) is 32.3. The highest BCUT2D eigenvalue weighted by atomic mass is 32.2. The topological polar surface area (TPSA) is 0 Å². The Kier molecular flexibility index (Phi) is 8.34. The molecule has 1 heteroatoms. The zero-order valence-electron chi connectivity index (χ0n) is 31.5. The van der Waals surface area contributed by atoms with E-state index in [2.05, 4.69) is 206 Å². The fourth-order valence-corrected chi connectivity index (χ4v) is 9.85. The molecule has 0 saturated heterocycles. The summed E-state index contributed by atoms with van der Waals surface area (Å²) >= 11 is 1.82. The molecule has 10 aromatic carbocycles. The monoisotopic (exact) mass is 742 g/mol.